The van der Waals surface area contributed by atoms with Crippen LogP contribution in [0.1, 0.15) is 59.5 Å². The Labute approximate surface area is 189 Å². The quantitative estimate of drug-likeness (QED) is 0.542. The second-order valence-electron chi connectivity index (χ2n) is 8.06. The van der Waals surface area contributed by atoms with Crippen molar-refractivity contribution in [1.82, 2.24) is 4.57 Å². The number of aliphatic hydroxyl groups is 1. The Morgan fingerprint density at radius 3 is 2.45 bits per heavy atom. The smallest absolute Gasteiger partial charge is 0.340 e. The third-order valence-corrected chi connectivity index (χ3v) is 5.42. The number of rotatable bonds is 3. The number of nitrogens with zero attached hydrogens (tertiary/aromatic N) is 3. The number of hydrogen-bond acceptors (Lipinski definition) is 5. The maximum absolute atomic E-state index is 12.6. The van der Waals surface area contributed by atoms with E-state index in [9.17, 15) is 20.4 Å². The largest absolute Gasteiger partial charge is 0.456 e. The van der Waals surface area contributed by atoms with Gasteiger partial charge in [0.25, 0.3) is 0 Å². The number of ether oxygens (including phenoxy) is 1. The summed E-state index contributed by atoms with van der Waals surface area (Å²) in [5, 5.41) is 30.7. The minimum atomic E-state index is -1.33. The van der Waals surface area contributed by atoms with Crippen molar-refractivity contribution in [3.63, 3.8) is 0 Å². The summed E-state index contributed by atoms with van der Waals surface area (Å²) in [5.41, 5.74) is 1.02. The number of fused-ring (bicyclic) bond motifs is 1. The molecule has 0 aliphatic rings. The molecule has 0 saturated carbocycles. The SMILES string of the molecule is Cn1cc(C(O)c2c(Cl)ccc(C(=O)OC(C)(C)C)c2Cl)c2c(C#N)cc(C#N)cc21. The first-order valence-corrected chi connectivity index (χ1v) is 10.1. The van der Waals surface area contributed by atoms with Crippen molar-refractivity contribution in [3.8, 4) is 12.1 Å². The third-order valence-electron chi connectivity index (χ3n) is 4.68. The lowest BCUT2D eigenvalue weighted by molar-refractivity contribution is 0.00695. The number of carbonyl (C=O) groups excluding carboxylic acids is 1. The first-order valence-electron chi connectivity index (χ1n) is 9.31. The van der Waals surface area contributed by atoms with Gasteiger partial charge in [-0.3, -0.25) is 0 Å². The van der Waals surface area contributed by atoms with Gasteiger partial charge in [0.2, 0.25) is 0 Å². The monoisotopic (exact) mass is 455 g/mol. The van der Waals surface area contributed by atoms with Gasteiger partial charge in [-0.25, -0.2) is 4.79 Å². The molecule has 1 unspecified atom stereocenters. The highest BCUT2D eigenvalue weighted by Crippen LogP contribution is 2.40. The fraction of sp³-hybridized carbons (Fsp3) is 0.261. The Morgan fingerprint density at radius 2 is 1.87 bits per heavy atom. The standard InChI is InChI=1S/C23H19Cl2N3O3/c1-23(2,3)31-22(30)14-5-6-16(24)19(20(14)25)21(29)15-11-28(4)17-8-12(9-26)7-13(10-27)18(15)17/h5-8,11,21,29H,1-4H3. The van der Waals surface area contributed by atoms with E-state index < -0.39 is 17.7 Å². The Balaban J connectivity index is 2.21. The summed E-state index contributed by atoms with van der Waals surface area (Å²) in [5.74, 6) is -0.642. The van der Waals surface area contributed by atoms with E-state index in [0.29, 0.717) is 22.0 Å². The van der Waals surface area contributed by atoms with Crippen molar-refractivity contribution in [3.05, 3.63) is 68.3 Å². The molecule has 8 heteroatoms. The number of aryl methyl sites for hydroxylation is 1. The number of esters is 1. The fourth-order valence-electron chi connectivity index (χ4n) is 3.38. The van der Waals surface area contributed by atoms with Crippen LogP contribution in [0.4, 0.5) is 0 Å². The van der Waals surface area contributed by atoms with Gasteiger partial charge in [0.15, 0.2) is 0 Å². The molecule has 1 N–H and O–H groups in total. The highest BCUT2D eigenvalue weighted by atomic mass is 35.5. The average molecular weight is 456 g/mol. The molecular formula is C23H19Cl2N3O3. The van der Waals surface area contributed by atoms with Gasteiger partial charge in [0.05, 0.1) is 39.4 Å². The predicted molar refractivity (Wildman–Crippen MR) is 118 cm³/mol. The maximum atomic E-state index is 12.6. The van der Waals surface area contributed by atoms with Gasteiger partial charge in [-0.1, -0.05) is 23.2 Å². The number of nitriles is 2. The second-order valence-corrected chi connectivity index (χ2v) is 8.85. The molecule has 1 aromatic heterocycles. The molecule has 6 nitrogen and oxygen atoms in total. The van der Waals surface area contributed by atoms with Crippen LogP contribution in [0.25, 0.3) is 10.9 Å². The van der Waals surface area contributed by atoms with E-state index in [1.54, 1.807) is 44.6 Å². The van der Waals surface area contributed by atoms with Gasteiger partial charge in [-0.05, 0) is 45.0 Å². The summed E-state index contributed by atoms with van der Waals surface area (Å²) in [7, 11) is 1.74. The summed E-state index contributed by atoms with van der Waals surface area (Å²) in [4.78, 5) is 12.6. The van der Waals surface area contributed by atoms with E-state index >= 15 is 0 Å². The molecule has 2 aromatic carbocycles. The number of aliphatic hydroxyl groups excluding tert-OH is 1. The van der Waals surface area contributed by atoms with Gasteiger partial charge in [0.1, 0.15) is 11.7 Å². The molecule has 0 radical (unpaired) electrons. The van der Waals surface area contributed by atoms with Crippen molar-refractivity contribution in [2.24, 2.45) is 7.05 Å². The molecule has 0 bridgehead atoms. The van der Waals surface area contributed by atoms with E-state index in [0.717, 1.165) is 0 Å². The minimum Gasteiger partial charge on any atom is -0.456 e. The number of hydrogen-bond donors (Lipinski definition) is 1. The van der Waals surface area contributed by atoms with Gasteiger partial charge in [0, 0.05) is 34.8 Å². The lowest BCUT2D eigenvalue weighted by Crippen LogP contribution is -2.24. The lowest BCUT2D eigenvalue weighted by Gasteiger charge is -2.21. The van der Waals surface area contributed by atoms with E-state index in [1.165, 1.54) is 18.2 Å². The number of benzene rings is 2. The second kappa shape index (κ2) is 8.24. The zero-order valence-electron chi connectivity index (χ0n) is 17.3. The topological polar surface area (TPSA) is 99.0 Å². The van der Waals surface area contributed by atoms with Gasteiger partial charge in [-0.15, -0.1) is 0 Å². The van der Waals surface area contributed by atoms with Gasteiger partial charge in [-0.2, -0.15) is 10.5 Å². The lowest BCUT2D eigenvalue weighted by atomic mass is 9.96. The van der Waals surface area contributed by atoms with E-state index in [4.69, 9.17) is 27.9 Å². The molecule has 0 aliphatic carbocycles. The van der Waals surface area contributed by atoms with Crippen LogP contribution in [0.5, 0.6) is 0 Å². The van der Waals surface area contributed by atoms with Crippen molar-refractivity contribution >= 4 is 40.1 Å². The Hall–Kier alpha value is -3.03. The highest BCUT2D eigenvalue weighted by molar-refractivity contribution is 6.38. The van der Waals surface area contributed by atoms with Gasteiger partial charge < -0.3 is 14.4 Å². The molecule has 0 spiro atoms. The number of halogens is 2. The van der Waals surface area contributed by atoms with Crippen LogP contribution in [-0.2, 0) is 11.8 Å². The summed E-state index contributed by atoms with van der Waals surface area (Å²) >= 11 is 12.9. The summed E-state index contributed by atoms with van der Waals surface area (Å²) in [6.45, 7) is 5.21. The van der Waals surface area contributed by atoms with Crippen LogP contribution < -0.4 is 0 Å². The molecule has 0 fully saturated rings. The van der Waals surface area contributed by atoms with E-state index in [1.807, 2.05) is 6.07 Å². The van der Waals surface area contributed by atoms with E-state index in [2.05, 4.69) is 6.07 Å². The van der Waals surface area contributed by atoms with Crippen molar-refractivity contribution in [2.75, 3.05) is 0 Å². The molecular weight excluding hydrogens is 437 g/mol. The fourth-order valence-corrected chi connectivity index (χ4v) is 4.03. The zero-order chi connectivity index (χ0) is 23.1. The van der Waals surface area contributed by atoms with Crippen LogP contribution in [0.15, 0.2) is 30.5 Å². The summed E-state index contributed by atoms with van der Waals surface area (Å²) < 4.78 is 7.10. The molecule has 1 heterocycles. The Morgan fingerprint density at radius 1 is 1.19 bits per heavy atom. The number of aromatic nitrogens is 1. The van der Waals surface area contributed by atoms with Crippen LogP contribution >= 0.6 is 23.2 Å². The molecule has 0 amide bonds. The number of carbonyl (C=O) groups is 1. The summed E-state index contributed by atoms with van der Waals surface area (Å²) in [6.07, 6.45) is 0.315. The molecule has 0 saturated heterocycles. The first kappa shape index (κ1) is 22.7. The first-order chi connectivity index (χ1) is 14.5. The zero-order valence-corrected chi connectivity index (χ0v) is 18.8. The normalized spacial score (nSPS) is 12.3. The molecule has 0 aliphatic heterocycles. The Bertz CT molecular complexity index is 1290. The van der Waals surface area contributed by atoms with Crippen molar-refractivity contribution in [2.45, 2.75) is 32.5 Å². The van der Waals surface area contributed by atoms with Crippen LogP contribution in [0.3, 0.4) is 0 Å². The van der Waals surface area contributed by atoms with Crippen molar-refractivity contribution in [1.29, 1.82) is 10.5 Å². The van der Waals surface area contributed by atoms with E-state index in [-0.39, 0.29) is 26.7 Å². The predicted octanol–water partition coefficient (Wildman–Crippen LogP) is 5.27. The summed E-state index contributed by atoms with van der Waals surface area (Å²) in [6, 6.07) is 10.1. The Kier molecular flexibility index (Phi) is 6.02. The molecule has 1 atom stereocenters. The van der Waals surface area contributed by atoms with Gasteiger partial charge >= 0.3 is 5.97 Å². The van der Waals surface area contributed by atoms with Crippen LogP contribution in [0.2, 0.25) is 10.0 Å². The maximum Gasteiger partial charge on any atom is 0.340 e. The molecule has 158 valence electrons. The highest BCUT2D eigenvalue weighted by Gasteiger charge is 2.28. The molecule has 3 rings (SSSR count). The van der Waals surface area contributed by atoms with Crippen molar-refractivity contribution < 1.29 is 14.6 Å². The molecule has 3 aromatic rings. The molecule has 31 heavy (non-hydrogen) atoms. The van der Waals surface area contributed by atoms with Crippen LogP contribution in [-0.4, -0.2) is 21.2 Å². The third kappa shape index (κ3) is 4.24. The average Bonchev–Trinajstić information content (AvgIpc) is 3.02. The van der Waals surface area contributed by atoms with Crippen LogP contribution in [0, 0.1) is 22.7 Å². The minimum absolute atomic E-state index is 0.0293.